The van der Waals surface area contributed by atoms with Crippen LogP contribution in [0.2, 0.25) is 0 Å². The molecule has 0 aliphatic carbocycles. The van der Waals surface area contributed by atoms with Gasteiger partial charge in [0, 0.05) is 10.3 Å². The largest absolute Gasteiger partial charge is 0.394 e. The molecule has 21 aliphatic rings. The number of nitrogens with zero attached hydrogens (tertiary/aromatic N) is 3. The van der Waals surface area contributed by atoms with Gasteiger partial charge in [0.05, 0.1) is 52.3 Å². The molecular weight excluding hydrogens is 1270 g/mol. The van der Waals surface area contributed by atoms with Crippen LogP contribution in [0, 0.1) is 0 Å². The maximum absolute atomic E-state index is 14.6. The zero-order chi connectivity index (χ0) is 66.4. The van der Waals surface area contributed by atoms with E-state index in [1.165, 1.54) is 18.2 Å². The Bertz CT molecular complexity index is 2880. The summed E-state index contributed by atoms with van der Waals surface area (Å²) in [5, 5.41) is 218. The van der Waals surface area contributed by atoms with Crippen molar-refractivity contribution in [2.24, 2.45) is 5.11 Å². The summed E-state index contributed by atoms with van der Waals surface area (Å²) in [5.74, 6) is 0. The summed E-state index contributed by atoms with van der Waals surface area (Å²) in [6.07, 6.45) is -71.8. The predicted octanol–water partition coefficient (Wildman–Crippen LogP) is -11.3. The van der Waals surface area contributed by atoms with Gasteiger partial charge in [0.25, 0.3) is 10.1 Å². The summed E-state index contributed by atoms with van der Waals surface area (Å²) in [5.41, 5.74) is 9.83. The number of hydrogen-bond donors (Lipinski definition) is 19. The van der Waals surface area contributed by atoms with E-state index in [1.54, 1.807) is 18.2 Å². The van der Waals surface area contributed by atoms with E-state index >= 15 is 0 Å². The van der Waals surface area contributed by atoms with Crippen molar-refractivity contribution in [1.82, 2.24) is 0 Å². The summed E-state index contributed by atoms with van der Waals surface area (Å²) < 4.78 is 116. The van der Waals surface area contributed by atoms with Crippen LogP contribution in [0.25, 0.3) is 21.2 Å². The van der Waals surface area contributed by atoms with E-state index in [0.29, 0.717) is 5.39 Å². The molecule has 0 spiro atoms. The highest BCUT2D eigenvalue weighted by Gasteiger charge is 2.60. The maximum atomic E-state index is 14.6. The van der Waals surface area contributed by atoms with E-state index < -0.39 is 276 Å². The number of benzene rings is 2. The molecule has 14 bridgehead atoms. The molecule has 0 amide bonds. The first-order chi connectivity index (χ1) is 44.0. The molecule has 0 unspecified atom stereocenters. The van der Waals surface area contributed by atoms with E-state index in [9.17, 15) is 111 Å². The minimum absolute atomic E-state index is 0.0962. The third-order valence-corrected chi connectivity index (χ3v) is 18.6. The topological polar surface area (TPSA) is 606 Å². The molecule has 2 aromatic rings. The van der Waals surface area contributed by atoms with Gasteiger partial charge in [-0.1, -0.05) is 41.5 Å². The molecular formula is C52H75N3O36S. The Morgan fingerprint density at radius 3 is 0.989 bits per heavy atom. The SMILES string of the molecule is [N-]=[N+]=N[C@H]1[C@H](O)[C@H]2O[C@H]3[C@H](OS(=O)(=O)c4cccc5ccccc45)[C@@H](O)[C@@H](O[C@H]4[C@H](O)[C@@H](O)[C@@H](O[C@H]5[C@H](O)[C@@H](O)[C@@H](O[C@H]6[C@H](O)[C@@H](O)[C@@H](O[C@H]7[C@H](O)[C@@H](O)[C@@H](O[C@H]8[C@H](O)[C@@H](O)[C@@H](O[C@@H]1[C@@H](CO)O2)O[C@@H]8CO)O[C@@H]7CO)O[C@@H]6CO)O[C@@H]5CO)O[C@@H]4CO)O[C@@H]3CO. The van der Waals surface area contributed by atoms with Crippen molar-refractivity contribution >= 4 is 20.9 Å². The molecule has 21 fully saturated rings. The number of aliphatic hydroxyl groups excluding tert-OH is 19. The molecule has 2 aromatic carbocycles. The minimum Gasteiger partial charge on any atom is -0.394 e. The normalized spacial score (nSPS) is 48.3. The monoisotopic (exact) mass is 1350 g/mol. The summed E-state index contributed by atoms with van der Waals surface area (Å²) in [7, 11) is -5.16. The van der Waals surface area contributed by atoms with Crippen LogP contribution >= 0.6 is 0 Å². The lowest BCUT2D eigenvalue weighted by Crippen LogP contribution is -2.68. The zero-order valence-corrected chi connectivity index (χ0v) is 48.7. The van der Waals surface area contributed by atoms with Crippen molar-refractivity contribution < 1.29 is 176 Å². The lowest BCUT2D eigenvalue weighted by molar-refractivity contribution is -0.396. The van der Waals surface area contributed by atoms with Crippen LogP contribution in [0.1, 0.15) is 0 Å². The van der Waals surface area contributed by atoms with Gasteiger partial charge in [-0.25, -0.2) is 0 Å². The summed E-state index contributed by atoms with van der Waals surface area (Å²) >= 11 is 0. The Hall–Kier alpha value is -3.40. The summed E-state index contributed by atoms with van der Waals surface area (Å²) in [4.78, 5) is 2.25. The second-order valence-corrected chi connectivity index (χ2v) is 24.4. The molecule has 0 radical (unpaired) electrons. The summed E-state index contributed by atoms with van der Waals surface area (Å²) in [6, 6.07) is 8.13. The maximum Gasteiger partial charge on any atom is 0.298 e. The predicted molar refractivity (Wildman–Crippen MR) is 285 cm³/mol. The minimum atomic E-state index is -5.16. The van der Waals surface area contributed by atoms with Crippen molar-refractivity contribution in [3.63, 3.8) is 0 Å². The van der Waals surface area contributed by atoms with E-state index in [0.717, 1.165) is 6.07 Å². The van der Waals surface area contributed by atoms with Gasteiger partial charge in [0.15, 0.2) is 44.0 Å². The van der Waals surface area contributed by atoms with E-state index in [2.05, 4.69) is 10.0 Å². The molecule has 21 aliphatic heterocycles. The highest BCUT2D eigenvalue weighted by atomic mass is 32.2. The van der Waals surface area contributed by atoms with Crippen molar-refractivity contribution in [3.05, 3.63) is 52.9 Å². The lowest BCUT2D eigenvalue weighted by Gasteiger charge is -2.50. The van der Waals surface area contributed by atoms with Gasteiger partial charge < -0.3 is 163 Å². The smallest absolute Gasteiger partial charge is 0.298 e. The van der Waals surface area contributed by atoms with Crippen LogP contribution < -0.4 is 0 Å². The molecule has 39 nitrogen and oxygen atoms in total. The number of fused-ring (bicyclic) bond motifs is 1. The molecule has 21 heterocycles. The van der Waals surface area contributed by atoms with Crippen molar-refractivity contribution in [3.8, 4) is 0 Å². The van der Waals surface area contributed by atoms with E-state index in [4.69, 9.17) is 70.5 Å². The van der Waals surface area contributed by atoms with Crippen molar-refractivity contribution in [2.45, 2.75) is 220 Å². The molecule has 520 valence electrons. The first-order valence-corrected chi connectivity index (χ1v) is 30.4. The molecule has 21 saturated heterocycles. The Morgan fingerprint density at radius 1 is 0.359 bits per heavy atom. The molecule has 40 heteroatoms. The molecule has 19 N–H and O–H groups in total. The van der Waals surface area contributed by atoms with Gasteiger partial charge in [-0.3, -0.25) is 4.18 Å². The zero-order valence-electron chi connectivity index (χ0n) is 47.9. The van der Waals surface area contributed by atoms with Crippen LogP contribution in [-0.2, 0) is 80.6 Å². The van der Waals surface area contributed by atoms with Gasteiger partial charge >= 0.3 is 0 Å². The van der Waals surface area contributed by atoms with Crippen molar-refractivity contribution in [1.29, 1.82) is 0 Å². The Balaban J connectivity index is 0.998. The quantitative estimate of drug-likeness (QED) is 0.0430. The summed E-state index contributed by atoms with van der Waals surface area (Å²) in [6.45, 7) is -7.88. The Labute approximate surface area is 519 Å². The number of rotatable bonds is 11. The highest BCUT2D eigenvalue weighted by molar-refractivity contribution is 7.87. The number of ether oxygens (including phenoxy) is 14. The third kappa shape index (κ3) is 13.9. The van der Waals surface area contributed by atoms with E-state index in [1.807, 2.05) is 0 Å². The fourth-order valence-electron chi connectivity index (χ4n) is 12.3. The standard InChI is InChI=1S/C52H75N3O36S/c53-55-54-25-26(63)46-77-17(8-56)38(25)84-47-32(69)27(64)39(18(9-57)78-47)85-48-33(70)28(65)40(19(10-58)79-48)86-49-34(71)29(66)41(20(11-59)80-49)87-50-35(72)30(67)42(21(12-60)81-50)88-51-36(73)31(68)43(22(13-61)82-51)89-52-37(74)45(44(90-46)23(14-62)83-52)91-92(75,76)24-7-3-5-15-4-1-2-6-16(15)24/h1-7,17-23,25-52,56-74H,8-14H2/t17-,18-,19-,20-,21-,22-,23-,25+,26+,27-,28-,29-,30-,31-,32-,33-,34-,35-,36-,37-,38-,39-,40-,41-,42-,43-,44-,45-,46-,47-,48-,49-,50-,51-,52-/m1/s1. The fraction of sp³-hybridized carbons (Fsp3) is 0.808. The Kier molecular flexibility index (Phi) is 23.4. The highest BCUT2D eigenvalue weighted by Crippen LogP contribution is 2.41. The van der Waals surface area contributed by atoms with Crippen LogP contribution in [0.15, 0.2) is 52.5 Å². The van der Waals surface area contributed by atoms with Crippen LogP contribution in [-0.4, -0.2) is 367 Å². The molecule has 0 aromatic heterocycles. The van der Waals surface area contributed by atoms with Gasteiger partial charge in [-0.05, 0) is 17.0 Å². The van der Waals surface area contributed by atoms with Crippen molar-refractivity contribution in [2.75, 3.05) is 46.2 Å². The van der Waals surface area contributed by atoms with Crippen LogP contribution in [0.3, 0.4) is 0 Å². The average Bonchev–Trinajstić information content (AvgIpc) is 0.778. The first kappa shape index (κ1) is 71.4. The first-order valence-electron chi connectivity index (χ1n) is 29.0. The molecule has 92 heavy (non-hydrogen) atoms. The van der Waals surface area contributed by atoms with Gasteiger partial charge in [-0.15, -0.1) is 0 Å². The second kappa shape index (κ2) is 30.2. The van der Waals surface area contributed by atoms with Gasteiger partial charge in [-0.2, -0.15) is 8.42 Å². The third-order valence-electron chi connectivity index (χ3n) is 17.2. The average molecular weight is 1350 g/mol. The molecule has 23 rings (SSSR count). The fourth-order valence-corrected chi connectivity index (χ4v) is 13.6. The molecule has 0 saturated carbocycles. The number of azide groups is 1. The number of hydrogen-bond acceptors (Lipinski definition) is 37. The van der Waals surface area contributed by atoms with Crippen LogP contribution in [0.5, 0.6) is 0 Å². The number of aliphatic hydroxyl groups is 19. The molecule has 35 atom stereocenters. The lowest BCUT2D eigenvalue weighted by atomic mass is 9.94. The van der Waals surface area contributed by atoms with Crippen LogP contribution in [0.4, 0.5) is 0 Å². The second-order valence-electron chi connectivity index (χ2n) is 22.9. The Morgan fingerprint density at radius 2 is 0.641 bits per heavy atom. The van der Waals surface area contributed by atoms with E-state index in [-0.39, 0.29) is 5.39 Å². The van der Waals surface area contributed by atoms with Gasteiger partial charge in [0.2, 0.25) is 0 Å². The van der Waals surface area contributed by atoms with Gasteiger partial charge in [0.1, 0.15) is 170 Å².